The van der Waals surface area contributed by atoms with Gasteiger partial charge in [0.15, 0.2) is 0 Å². The minimum absolute atomic E-state index is 0.110. The summed E-state index contributed by atoms with van der Waals surface area (Å²) < 4.78 is 1.97. The van der Waals surface area contributed by atoms with Crippen LogP contribution < -0.4 is 10.2 Å². The Bertz CT molecular complexity index is 1160. The number of aromatic nitrogens is 2. The average molecular weight is 482 g/mol. The maximum atomic E-state index is 13.3. The zero-order valence-electron chi connectivity index (χ0n) is 20.9. The molecule has 2 aromatic heterocycles. The first-order chi connectivity index (χ1) is 16.3. The Balaban J connectivity index is 1.55. The molecule has 1 amide bonds. The van der Waals surface area contributed by atoms with Gasteiger partial charge < -0.3 is 19.5 Å². The number of fused-ring (bicyclic) bond motifs is 1. The quantitative estimate of drug-likeness (QED) is 0.501. The van der Waals surface area contributed by atoms with Gasteiger partial charge in [0.25, 0.3) is 5.91 Å². The Morgan fingerprint density at radius 3 is 2.53 bits per heavy atom. The summed E-state index contributed by atoms with van der Waals surface area (Å²) in [4.78, 5) is 22.6. The van der Waals surface area contributed by atoms with Crippen molar-refractivity contribution >= 4 is 28.8 Å². The number of nitrogens with one attached hydrogen (secondary N) is 1. The van der Waals surface area contributed by atoms with Crippen molar-refractivity contribution in [1.82, 2.24) is 19.6 Å². The number of benzene rings is 1. The molecule has 0 aliphatic heterocycles. The van der Waals surface area contributed by atoms with Crippen LogP contribution >= 0.6 is 11.6 Å². The van der Waals surface area contributed by atoms with Crippen LogP contribution in [0, 0.1) is 13.8 Å². The molecule has 182 valence electrons. The van der Waals surface area contributed by atoms with Gasteiger partial charge in [-0.25, -0.2) is 4.98 Å². The zero-order chi connectivity index (χ0) is 24.4. The van der Waals surface area contributed by atoms with Crippen LogP contribution in [0.1, 0.15) is 59.7 Å². The fourth-order valence-corrected chi connectivity index (χ4v) is 5.54. The molecule has 7 heteroatoms. The molecule has 34 heavy (non-hydrogen) atoms. The molecule has 1 saturated carbocycles. The van der Waals surface area contributed by atoms with Crippen LogP contribution in [0.3, 0.4) is 0 Å². The molecule has 1 N–H and O–H groups in total. The van der Waals surface area contributed by atoms with E-state index in [0.29, 0.717) is 29.2 Å². The Hall–Kier alpha value is -2.57. The van der Waals surface area contributed by atoms with Crippen LogP contribution in [0.15, 0.2) is 36.8 Å². The molecule has 0 saturated heterocycles. The van der Waals surface area contributed by atoms with E-state index < -0.39 is 0 Å². The van der Waals surface area contributed by atoms with Gasteiger partial charge in [0.05, 0.1) is 0 Å². The van der Waals surface area contributed by atoms with Crippen molar-refractivity contribution in [3.05, 3.63) is 64.1 Å². The van der Waals surface area contributed by atoms with Crippen molar-refractivity contribution in [2.75, 3.05) is 25.5 Å². The topological polar surface area (TPSA) is 52.9 Å². The fraction of sp³-hybridized carbons (Fsp3) is 0.481. The van der Waals surface area contributed by atoms with Crippen molar-refractivity contribution < 1.29 is 4.79 Å². The summed E-state index contributed by atoms with van der Waals surface area (Å²) in [6.45, 7) is 7.57. The highest BCUT2D eigenvalue weighted by molar-refractivity contribution is 6.31. The Kier molecular flexibility index (Phi) is 7.48. The number of nitrogens with zero attached hydrogens (tertiary/aromatic N) is 4. The number of hydrogen-bond acceptors (Lipinski definition) is 4. The minimum atomic E-state index is -0.110. The minimum Gasteiger partial charge on any atom is -0.369 e. The van der Waals surface area contributed by atoms with Gasteiger partial charge in [0.2, 0.25) is 0 Å². The van der Waals surface area contributed by atoms with Gasteiger partial charge in [0, 0.05) is 65.6 Å². The van der Waals surface area contributed by atoms with E-state index in [-0.39, 0.29) is 5.91 Å². The molecule has 6 nitrogen and oxygen atoms in total. The highest BCUT2D eigenvalue weighted by Crippen LogP contribution is 2.34. The lowest BCUT2D eigenvalue weighted by Gasteiger charge is -2.40. The Morgan fingerprint density at radius 1 is 1.15 bits per heavy atom. The van der Waals surface area contributed by atoms with Crippen LogP contribution in [0.4, 0.5) is 5.69 Å². The summed E-state index contributed by atoms with van der Waals surface area (Å²) in [5.74, 6) is -0.110. The number of amides is 1. The van der Waals surface area contributed by atoms with Gasteiger partial charge in [-0.3, -0.25) is 4.79 Å². The molecule has 4 rings (SSSR count). The number of carbonyl (C=O) groups is 1. The molecular weight excluding hydrogens is 446 g/mol. The summed E-state index contributed by atoms with van der Waals surface area (Å²) in [6, 6.07) is 6.97. The Labute approximate surface area is 207 Å². The van der Waals surface area contributed by atoms with Gasteiger partial charge in [-0.1, -0.05) is 11.6 Å². The van der Waals surface area contributed by atoms with E-state index in [0.717, 1.165) is 47.4 Å². The summed E-state index contributed by atoms with van der Waals surface area (Å²) in [5.41, 5.74) is 5.68. The van der Waals surface area contributed by atoms with Crippen LogP contribution in [-0.2, 0) is 6.54 Å². The third-order valence-electron chi connectivity index (χ3n) is 7.40. The van der Waals surface area contributed by atoms with Crippen LogP contribution in [0.5, 0.6) is 0 Å². The molecule has 1 aliphatic rings. The monoisotopic (exact) mass is 481 g/mol. The second-order valence-corrected chi connectivity index (χ2v) is 10.1. The second kappa shape index (κ2) is 10.4. The SMILES string of the molecule is CCN(c1cc(Cl)cc(C(=O)NCc2c(C)ccn3ccnc23)c1C)C1CCC(N(C)C)CC1. The number of pyridine rings is 1. The molecule has 0 bridgehead atoms. The van der Waals surface area contributed by atoms with Gasteiger partial charge >= 0.3 is 0 Å². The number of halogens is 1. The normalized spacial score (nSPS) is 18.4. The number of hydrogen-bond donors (Lipinski definition) is 1. The van der Waals surface area contributed by atoms with E-state index in [9.17, 15) is 4.79 Å². The lowest BCUT2D eigenvalue weighted by atomic mass is 9.89. The smallest absolute Gasteiger partial charge is 0.251 e. The third kappa shape index (κ3) is 4.93. The molecule has 0 atom stereocenters. The number of rotatable bonds is 7. The summed E-state index contributed by atoms with van der Waals surface area (Å²) in [5, 5.41) is 3.71. The van der Waals surface area contributed by atoms with E-state index in [1.54, 1.807) is 12.3 Å². The Morgan fingerprint density at radius 2 is 1.85 bits per heavy atom. The molecular formula is C27H36ClN5O. The van der Waals surface area contributed by atoms with Crippen LogP contribution in [0.2, 0.25) is 5.02 Å². The largest absolute Gasteiger partial charge is 0.369 e. The maximum absolute atomic E-state index is 13.3. The van der Waals surface area contributed by atoms with E-state index >= 15 is 0 Å². The lowest BCUT2D eigenvalue weighted by Crippen LogP contribution is -2.42. The van der Waals surface area contributed by atoms with E-state index in [1.807, 2.05) is 42.8 Å². The molecule has 0 radical (unpaired) electrons. The van der Waals surface area contributed by atoms with Gasteiger partial charge in [-0.2, -0.15) is 0 Å². The fourth-order valence-electron chi connectivity index (χ4n) is 5.33. The van der Waals surface area contributed by atoms with Crippen molar-refractivity contribution in [2.45, 2.75) is 65.1 Å². The predicted octanol–water partition coefficient (Wildman–Crippen LogP) is 5.23. The maximum Gasteiger partial charge on any atom is 0.251 e. The highest BCUT2D eigenvalue weighted by Gasteiger charge is 2.28. The zero-order valence-corrected chi connectivity index (χ0v) is 21.7. The summed E-state index contributed by atoms with van der Waals surface area (Å²) in [7, 11) is 4.34. The lowest BCUT2D eigenvalue weighted by molar-refractivity contribution is 0.0950. The van der Waals surface area contributed by atoms with Crippen molar-refractivity contribution in [2.24, 2.45) is 0 Å². The number of aryl methyl sites for hydroxylation is 1. The first-order valence-corrected chi connectivity index (χ1v) is 12.6. The van der Waals surface area contributed by atoms with Crippen molar-refractivity contribution in [1.29, 1.82) is 0 Å². The second-order valence-electron chi connectivity index (χ2n) is 9.63. The van der Waals surface area contributed by atoms with Gasteiger partial charge in [-0.05, 0) is 89.9 Å². The van der Waals surface area contributed by atoms with E-state index in [4.69, 9.17) is 11.6 Å². The van der Waals surface area contributed by atoms with Crippen molar-refractivity contribution in [3.63, 3.8) is 0 Å². The van der Waals surface area contributed by atoms with Crippen molar-refractivity contribution in [3.8, 4) is 0 Å². The van der Waals surface area contributed by atoms with E-state index in [2.05, 4.69) is 41.1 Å². The number of anilines is 1. The molecule has 3 aromatic rings. The van der Waals surface area contributed by atoms with Crippen LogP contribution in [-0.4, -0.2) is 52.9 Å². The summed E-state index contributed by atoms with van der Waals surface area (Å²) >= 11 is 6.55. The number of carbonyl (C=O) groups excluding carboxylic acids is 1. The number of imidazole rings is 1. The predicted molar refractivity (Wildman–Crippen MR) is 140 cm³/mol. The first-order valence-electron chi connectivity index (χ1n) is 12.2. The van der Waals surface area contributed by atoms with Gasteiger partial charge in [0.1, 0.15) is 5.65 Å². The third-order valence-corrected chi connectivity index (χ3v) is 7.62. The van der Waals surface area contributed by atoms with Crippen LogP contribution in [0.25, 0.3) is 5.65 Å². The molecule has 1 fully saturated rings. The highest BCUT2D eigenvalue weighted by atomic mass is 35.5. The average Bonchev–Trinajstić information content (AvgIpc) is 3.30. The molecule has 1 aromatic carbocycles. The summed E-state index contributed by atoms with van der Waals surface area (Å²) in [6.07, 6.45) is 10.4. The van der Waals surface area contributed by atoms with E-state index in [1.165, 1.54) is 12.8 Å². The molecule has 0 spiro atoms. The first kappa shape index (κ1) is 24.6. The molecule has 1 aliphatic carbocycles. The molecule has 0 unspecified atom stereocenters. The molecule has 2 heterocycles. The van der Waals surface area contributed by atoms with Gasteiger partial charge in [-0.15, -0.1) is 0 Å². The standard InChI is InChI=1S/C27H36ClN5O/c1-6-33(22-9-7-21(8-10-22)31(4)5)25-16-20(28)15-23(19(25)3)27(34)30-17-24-18(2)11-13-32-14-12-29-26(24)32/h11-16,21-22H,6-10,17H2,1-5H3,(H,30,34).